The van der Waals surface area contributed by atoms with Crippen LogP contribution in [-0.2, 0) is 4.79 Å². The lowest BCUT2D eigenvalue weighted by atomic mass is 9.99. The molecular formula is C10H12Cl2N2O. The minimum absolute atomic E-state index is 0.177. The topological polar surface area (TPSA) is 52.9 Å². The van der Waals surface area contributed by atoms with Crippen molar-refractivity contribution in [3.8, 4) is 6.07 Å². The highest BCUT2D eigenvalue weighted by Crippen LogP contribution is 2.53. The average molecular weight is 247 g/mol. The molecule has 3 nitrogen and oxygen atoms in total. The zero-order valence-electron chi connectivity index (χ0n) is 8.22. The molecule has 0 saturated heterocycles. The molecule has 0 aliphatic heterocycles. The molecular weight excluding hydrogens is 235 g/mol. The van der Waals surface area contributed by atoms with Crippen molar-refractivity contribution in [3.05, 3.63) is 0 Å². The lowest BCUT2D eigenvalue weighted by Crippen LogP contribution is -2.46. The molecule has 1 unspecified atom stereocenters. The second-order valence-electron chi connectivity index (χ2n) is 4.41. The SMILES string of the molecule is N#CC1(NC(=O)C2CC2(Cl)Cl)CCCC1. The summed E-state index contributed by atoms with van der Waals surface area (Å²) in [6.45, 7) is 0. The van der Waals surface area contributed by atoms with E-state index >= 15 is 0 Å². The third kappa shape index (κ3) is 2.07. The van der Waals surface area contributed by atoms with Gasteiger partial charge in [0, 0.05) is 0 Å². The fourth-order valence-corrected chi connectivity index (χ4v) is 2.57. The van der Waals surface area contributed by atoms with Crippen molar-refractivity contribution < 1.29 is 4.79 Å². The first kappa shape index (κ1) is 11.0. The molecule has 0 aromatic carbocycles. The summed E-state index contributed by atoms with van der Waals surface area (Å²) in [6.07, 6.45) is 3.94. The highest BCUT2D eigenvalue weighted by Gasteiger charge is 2.57. The molecule has 0 spiro atoms. The number of nitriles is 1. The van der Waals surface area contributed by atoms with E-state index in [2.05, 4.69) is 11.4 Å². The van der Waals surface area contributed by atoms with Gasteiger partial charge in [0.25, 0.3) is 0 Å². The van der Waals surface area contributed by atoms with Gasteiger partial charge in [0.15, 0.2) is 0 Å². The third-order valence-electron chi connectivity index (χ3n) is 3.18. The van der Waals surface area contributed by atoms with Crippen LogP contribution in [0.25, 0.3) is 0 Å². The molecule has 2 aliphatic rings. The number of hydrogen-bond acceptors (Lipinski definition) is 2. The fraction of sp³-hybridized carbons (Fsp3) is 0.800. The zero-order valence-corrected chi connectivity index (χ0v) is 9.74. The van der Waals surface area contributed by atoms with Gasteiger partial charge >= 0.3 is 0 Å². The Morgan fingerprint density at radius 2 is 1.93 bits per heavy atom. The zero-order chi connectivity index (χ0) is 11.1. The molecule has 1 N–H and O–H groups in total. The number of carbonyl (C=O) groups excluding carboxylic acids is 1. The van der Waals surface area contributed by atoms with Gasteiger partial charge < -0.3 is 5.32 Å². The summed E-state index contributed by atoms with van der Waals surface area (Å²) in [5.74, 6) is -0.518. The number of rotatable bonds is 2. The molecule has 2 saturated carbocycles. The van der Waals surface area contributed by atoms with E-state index in [9.17, 15) is 4.79 Å². The van der Waals surface area contributed by atoms with Gasteiger partial charge in [-0.15, -0.1) is 23.2 Å². The van der Waals surface area contributed by atoms with Gasteiger partial charge in [-0.05, 0) is 32.1 Å². The van der Waals surface area contributed by atoms with Crippen LogP contribution in [0, 0.1) is 17.2 Å². The minimum atomic E-state index is -0.903. The number of hydrogen-bond donors (Lipinski definition) is 1. The molecule has 1 amide bonds. The summed E-state index contributed by atoms with van der Waals surface area (Å²) in [5, 5.41) is 11.9. The van der Waals surface area contributed by atoms with E-state index in [4.69, 9.17) is 28.5 Å². The van der Waals surface area contributed by atoms with Gasteiger partial charge in [0.1, 0.15) is 9.87 Å². The van der Waals surface area contributed by atoms with E-state index in [1.54, 1.807) is 0 Å². The largest absolute Gasteiger partial charge is 0.337 e. The van der Waals surface area contributed by atoms with Gasteiger partial charge in [-0.25, -0.2) is 0 Å². The van der Waals surface area contributed by atoms with Crippen LogP contribution in [0.15, 0.2) is 0 Å². The molecule has 0 heterocycles. The molecule has 5 heteroatoms. The van der Waals surface area contributed by atoms with E-state index in [1.807, 2.05) is 0 Å². The van der Waals surface area contributed by atoms with Crippen molar-refractivity contribution in [2.24, 2.45) is 5.92 Å². The van der Waals surface area contributed by atoms with Gasteiger partial charge in [-0.1, -0.05) is 0 Å². The standard InChI is InChI=1S/C10H12Cl2N2O/c11-10(12)5-7(10)8(15)14-9(6-13)3-1-2-4-9/h7H,1-5H2,(H,14,15). The van der Waals surface area contributed by atoms with Crippen molar-refractivity contribution >= 4 is 29.1 Å². The van der Waals surface area contributed by atoms with E-state index in [0.29, 0.717) is 6.42 Å². The Kier molecular flexibility index (Phi) is 2.60. The summed E-state index contributed by atoms with van der Waals surface area (Å²) in [4.78, 5) is 11.7. The van der Waals surface area contributed by atoms with E-state index in [-0.39, 0.29) is 11.8 Å². The Morgan fingerprint density at radius 1 is 1.40 bits per heavy atom. The summed E-state index contributed by atoms with van der Waals surface area (Å²) in [7, 11) is 0. The average Bonchev–Trinajstić information content (AvgIpc) is 2.64. The fourth-order valence-electron chi connectivity index (χ4n) is 2.06. The first-order chi connectivity index (χ1) is 6.99. The van der Waals surface area contributed by atoms with Crippen molar-refractivity contribution in [2.45, 2.75) is 42.0 Å². The number of alkyl halides is 2. The van der Waals surface area contributed by atoms with Crippen molar-refractivity contribution in [1.29, 1.82) is 5.26 Å². The summed E-state index contributed by atoms with van der Waals surface area (Å²) in [6, 6.07) is 2.20. The molecule has 0 aromatic heterocycles. The van der Waals surface area contributed by atoms with E-state index < -0.39 is 9.87 Å². The lowest BCUT2D eigenvalue weighted by Gasteiger charge is -2.22. The van der Waals surface area contributed by atoms with Crippen molar-refractivity contribution in [1.82, 2.24) is 5.32 Å². The van der Waals surface area contributed by atoms with Crippen LogP contribution in [0.2, 0.25) is 0 Å². The monoisotopic (exact) mass is 246 g/mol. The maximum absolute atomic E-state index is 11.7. The maximum atomic E-state index is 11.7. The lowest BCUT2D eigenvalue weighted by molar-refractivity contribution is -0.123. The number of halogens is 2. The quantitative estimate of drug-likeness (QED) is 0.760. The Morgan fingerprint density at radius 3 is 2.33 bits per heavy atom. The summed E-state index contributed by atoms with van der Waals surface area (Å²) < 4.78 is -0.903. The Labute approximate surface area is 98.7 Å². The smallest absolute Gasteiger partial charge is 0.227 e. The summed E-state index contributed by atoms with van der Waals surface area (Å²) >= 11 is 11.6. The van der Waals surface area contributed by atoms with Gasteiger partial charge in [0.05, 0.1) is 12.0 Å². The molecule has 0 radical (unpaired) electrons. The first-order valence-corrected chi connectivity index (χ1v) is 5.86. The van der Waals surface area contributed by atoms with Crippen molar-refractivity contribution in [2.75, 3.05) is 0 Å². The van der Waals surface area contributed by atoms with Crippen LogP contribution in [-0.4, -0.2) is 15.8 Å². The number of nitrogens with zero attached hydrogens (tertiary/aromatic N) is 1. The van der Waals surface area contributed by atoms with E-state index in [0.717, 1.165) is 25.7 Å². The Balaban J connectivity index is 1.97. The van der Waals surface area contributed by atoms with Crippen LogP contribution in [0.4, 0.5) is 0 Å². The Hall–Kier alpha value is -0.460. The molecule has 1 atom stereocenters. The third-order valence-corrected chi connectivity index (χ3v) is 4.01. The highest BCUT2D eigenvalue weighted by atomic mass is 35.5. The van der Waals surface area contributed by atoms with Gasteiger partial charge in [0.2, 0.25) is 5.91 Å². The highest BCUT2D eigenvalue weighted by molar-refractivity contribution is 6.52. The predicted octanol–water partition coefficient (Wildman–Crippen LogP) is 2.13. The second-order valence-corrected chi connectivity index (χ2v) is 5.95. The normalized spacial score (nSPS) is 30.6. The first-order valence-electron chi connectivity index (χ1n) is 5.10. The second kappa shape index (κ2) is 3.54. The van der Waals surface area contributed by atoms with Crippen LogP contribution >= 0.6 is 23.2 Å². The van der Waals surface area contributed by atoms with Crippen LogP contribution < -0.4 is 5.32 Å². The molecule has 15 heavy (non-hydrogen) atoms. The number of nitrogens with one attached hydrogen (secondary N) is 1. The molecule has 2 fully saturated rings. The van der Waals surface area contributed by atoms with Crippen LogP contribution in [0.5, 0.6) is 0 Å². The van der Waals surface area contributed by atoms with Crippen LogP contribution in [0.3, 0.4) is 0 Å². The molecule has 2 rings (SSSR count). The summed E-state index contributed by atoms with van der Waals surface area (Å²) in [5.41, 5.74) is -0.663. The molecule has 82 valence electrons. The molecule has 0 bridgehead atoms. The number of amides is 1. The van der Waals surface area contributed by atoms with Gasteiger partial charge in [-0.3, -0.25) is 4.79 Å². The minimum Gasteiger partial charge on any atom is -0.337 e. The Bertz CT molecular complexity index is 329. The van der Waals surface area contributed by atoms with Gasteiger partial charge in [-0.2, -0.15) is 5.26 Å². The predicted molar refractivity (Wildman–Crippen MR) is 57.5 cm³/mol. The number of carbonyl (C=O) groups is 1. The van der Waals surface area contributed by atoms with E-state index in [1.165, 1.54) is 0 Å². The molecule has 2 aliphatic carbocycles. The molecule has 0 aromatic rings. The van der Waals surface area contributed by atoms with Crippen molar-refractivity contribution in [3.63, 3.8) is 0 Å². The van der Waals surface area contributed by atoms with Crippen LogP contribution in [0.1, 0.15) is 32.1 Å². The maximum Gasteiger partial charge on any atom is 0.227 e.